The molecular formula is C19H26N2O3. The van der Waals surface area contributed by atoms with Gasteiger partial charge in [-0.15, -0.1) is 0 Å². The van der Waals surface area contributed by atoms with Crippen LogP contribution in [0.2, 0.25) is 0 Å². The maximum absolute atomic E-state index is 13.1. The average molecular weight is 330 g/mol. The molecule has 2 saturated heterocycles. The molecule has 1 aromatic rings. The lowest BCUT2D eigenvalue weighted by Crippen LogP contribution is -2.53. The summed E-state index contributed by atoms with van der Waals surface area (Å²) in [5, 5.41) is 0. The van der Waals surface area contributed by atoms with Crippen molar-refractivity contribution in [2.45, 2.75) is 63.7 Å². The van der Waals surface area contributed by atoms with Crippen molar-refractivity contribution >= 4 is 11.8 Å². The number of likely N-dealkylation sites (tertiary alicyclic amines) is 1. The Morgan fingerprint density at radius 2 is 1.96 bits per heavy atom. The van der Waals surface area contributed by atoms with Crippen molar-refractivity contribution in [3.05, 3.63) is 35.4 Å². The highest BCUT2D eigenvalue weighted by molar-refractivity contribution is 5.95. The van der Waals surface area contributed by atoms with E-state index in [1.165, 1.54) is 0 Å². The van der Waals surface area contributed by atoms with Gasteiger partial charge in [0.2, 0.25) is 5.91 Å². The molecule has 5 nitrogen and oxygen atoms in total. The highest BCUT2D eigenvalue weighted by atomic mass is 16.5. The van der Waals surface area contributed by atoms with Crippen molar-refractivity contribution in [2.75, 3.05) is 6.54 Å². The number of nitrogens with two attached hydrogens (primary N) is 1. The predicted molar refractivity (Wildman–Crippen MR) is 91.6 cm³/mol. The lowest BCUT2D eigenvalue weighted by molar-refractivity contribution is -0.123. The molecule has 2 amide bonds. The summed E-state index contributed by atoms with van der Waals surface area (Å²) in [5.74, 6) is -0.366. The van der Waals surface area contributed by atoms with Gasteiger partial charge in [0.05, 0.1) is 23.7 Å². The quantitative estimate of drug-likeness (QED) is 0.925. The van der Waals surface area contributed by atoms with Crippen LogP contribution in [0.1, 0.15) is 55.5 Å². The molecule has 0 saturated carbocycles. The monoisotopic (exact) mass is 330 g/mol. The van der Waals surface area contributed by atoms with Crippen molar-refractivity contribution in [1.82, 2.24) is 4.90 Å². The SMILES string of the molecule is Cc1ccc(C(=O)N2CCC[C@]23CC(C)(C)O[C@H]3CC(N)=O)cc1. The molecule has 0 bridgehead atoms. The molecular weight excluding hydrogens is 304 g/mol. The predicted octanol–water partition coefficient (Wildman–Crippen LogP) is 2.41. The van der Waals surface area contributed by atoms with Gasteiger partial charge in [0, 0.05) is 18.5 Å². The van der Waals surface area contributed by atoms with Crippen molar-refractivity contribution < 1.29 is 14.3 Å². The number of hydrogen-bond donors (Lipinski definition) is 1. The Morgan fingerprint density at radius 3 is 2.58 bits per heavy atom. The van der Waals surface area contributed by atoms with E-state index in [2.05, 4.69) is 0 Å². The minimum absolute atomic E-state index is 0.0169. The molecule has 1 aromatic carbocycles. The number of nitrogens with zero attached hydrogens (tertiary/aromatic N) is 1. The van der Waals surface area contributed by atoms with Crippen LogP contribution in [0, 0.1) is 6.92 Å². The first-order valence-corrected chi connectivity index (χ1v) is 8.58. The van der Waals surface area contributed by atoms with E-state index >= 15 is 0 Å². The van der Waals surface area contributed by atoms with Crippen LogP contribution in [0.5, 0.6) is 0 Å². The first-order valence-electron chi connectivity index (χ1n) is 8.58. The summed E-state index contributed by atoms with van der Waals surface area (Å²) in [6.07, 6.45) is 2.33. The second kappa shape index (κ2) is 5.88. The van der Waals surface area contributed by atoms with Gasteiger partial charge in [-0.1, -0.05) is 17.7 Å². The molecule has 3 rings (SSSR count). The first kappa shape index (κ1) is 17.0. The molecule has 0 radical (unpaired) electrons. The maximum atomic E-state index is 13.1. The topological polar surface area (TPSA) is 72.6 Å². The summed E-state index contributed by atoms with van der Waals surface area (Å²) in [4.78, 5) is 26.6. The second-order valence-electron chi connectivity index (χ2n) is 7.74. The largest absolute Gasteiger partial charge is 0.370 e. The first-order chi connectivity index (χ1) is 11.2. The molecule has 24 heavy (non-hydrogen) atoms. The molecule has 2 fully saturated rings. The van der Waals surface area contributed by atoms with Gasteiger partial charge in [0.1, 0.15) is 0 Å². The van der Waals surface area contributed by atoms with Crippen molar-refractivity contribution in [1.29, 1.82) is 0 Å². The van der Waals surface area contributed by atoms with Gasteiger partial charge in [-0.3, -0.25) is 9.59 Å². The van der Waals surface area contributed by atoms with E-state index in [9.17, 15) is 9.59 Å². The Labute approximate surface area is 143 Å². The number of hydrogen-bond acceptors (Lipinski definition) is 3. The van der Waals surface area contributed by atoms with Crippen LogP contribution in [-0.4, -0.2) is 40.5 Å². The van der Waals surface area contributed by atoms with E-state index in [-0.39, 0.29) is 29.9 Å². The smallest absolute Gasteiger partial charge is 0.254 e. The summed E-state index contributed by atoms with van der Waals surface area (Å²) in [5.41, 5.74) is 6.45. The third-order valence-corrected chi connectivity index (χ3v) is 5.25. The number of ether oxygens (including phenoxy) is 1. The molecule has 5 heteroatoms. The Bertz CT molecular complexity index is 653. The Kier molecular flexibility index (Phi) is 4.16. The van der Waals surface area contributed by atoms with Crippen LogP contribution < -0.4 is 5.73 Å². The zero-order valence-corrected chi connectivity index (χ0v) is 14.7. The van der Waals surface area contributed by atoms with Gasteiger partial charge in [-0.25, -0.2) is 0 Å². The molecule has 2 aliphatic rings. The van der Waals surface area contributed by atoms with E-state index < -0.39 is 5.54 Å². The summed E-state index contributed by atoms with van der Waals surface area (Å²) >= 11 is 0. The van der Waals surface area contributed by atoms with Crippen molar-refractivity contribution in [3.63, 3.8) is 0 Å². The fourth-order valence-electron chi connectivity index (χ4n) is 4.38. The third-order valence-electron chi connectivity index (χ3n) is 5.25. The normalized spacial score (nSPS) is 28.5. The number of carbonyl (C=O) groups excluding carboxylic acids is 2. The summed E-state index contributed by atoms with van der Waals surface area (Å²) < 4.78 is 6.14. The van der Waals surface area contributed by atoms with Crippen molar-refractivity contribution in [3.8, 4) is 0 Å². The minimum Gasteiger partial charge on any atom is -0.370 e. The maximum Gasteiger partial charge on any atom is 0.254 e. The standard InChI is InChI=1S/C19H26N2O3/c1-13-5-7-14(8-6-13)17(23)21-10-4-9-19(21)12-18(2,3)24-15(19)11-16(20)22/h5-8,15H,4,9-12H2,1-3H3,(H2,20,22)/t15-,19+/m0/s1. The molecule has 2 atom stereocenters. The fourth-order valence-corrected chi connectivity index (χ4v) is 4.38. The van der Waals surface area contributed by atoms with Crippen LogP contribution in [0.15, 0.2) is 24.3 Å². The van der Waals surface area contributed by atoms with E-state index in [1.54, 1.807) is 0 Å². The Morgan fingerprint density at radius 1 is 1.29 bits per heavy atom. The number of benzene rings is 1. The van der Waals surface area contributed by atoms with Gasteiger partial charge in [-0.2, -0.15) is 0 Å². The summed E-state index contributed by atoms with van der Waals surface area (Å²) in [6, 6.07) is 7.64. The highest BCUT2D eigenvalue weighted by Gasteiger charge is 2.58. The van der Waals surface area contributed by atoms with Crippen LogP contribution in [0.3, 0.4) is 0 Å². The van der Waals surface area contributed by atoms with Crippen LogP contribution in [-0.2, 0) is 9.53 Å². The summed E-state index contributed by atoms with van der Waals surface area (Å²) in [6.45, 7) is 6.73. The van der Waals surface area contributed by atoms with Gasteiger partial charge >= 0.3 is 0 Å². The van der Waals surface area contributed by atoms with E-state index in [1.807, 2.05) is 49.9 Å². The molecule has 2 N–H and O–H groups in total. The van der Waals surface area contributed by atoms with E-state index in [0.717, 1.165) is 24.8 Å². The van der Waals surface area contributed by atoms with Crippen LogP contribution in [0.4, 0.5) is 0 Å². The molecule has 0 aromatic heterocycles. The molecule has 1 spiro atoms. The minimum atomic E-state index is -0.430. The number of rotatable bonds is 3. The third kappa shape index (κ3) is 2.93. The average Bonchev–Trinajstić information content (AvgIpc) is 3.00. The Hall–Kier alpha value is -1.88. The number of aryl methyl sites for hydroxylation is 1. The molecule has 2 aliphatic heterocycles. The van der Waals surface area contributed by atoms with Crippen LogP contribution >= 0.6 is 0 Å². The van der Waals surface area contributed by atoms with E-state index in [4.69, 9.17) is 10.5 Å². The van der Waals surface area contributed by atoms with Crippen molar-refractivity contribution in [2.24, 2.45) is 5.73 Å². The second-order valence-corrected chi connectivity index (χ2v) is 7.74. The zero-order valence-electron chi connectivity index (χ0n) is 14.7. The zero-order chi connectivity index (χ0) is 17.5. The van der Waals surface area contributed by atoms with Gasteiger partial charge in [-0.05, 0) is 45.7 Å². The number of carbonyl (C=O) groups is 2. The molecule has 0 aliphatic carbocycles. The highest BCUT2D eigenvalue weighted by Crippen LogP contribution is 2.49. The lowest BCUT2D eigenvalue weighted by atomic mass is 9.82. The van der Waals surface area contributed by atoms with E-state index in [0.29, 0.717) is 12.1 Å². The number of primary amides is 1. The van der Waals surface area contributed by atoms with Crippen LogP contribution in [0.25, 0.3) is 0 Å². The molecule has 130 valence electrons. The fraction of sp³-hybridized carbons (Fsp3) is 0.579. The lowest BCUT2D eigenvalue weighted by Gasteiger charge is -2.38. The Balaban J connectivity index is 1.94. The van der Waals surface area contributed by atoms with Gasteiger partial charge in [0.15, 0.2) is 0 Å². The number of amides is 2. The molecule has 0 unspecified atom stereocenters. The van der Waals surface area contributed by atoms with Gasteiger partial charge in [0.25, 0.3) is 5.91 Å². The summed E-state index contributed by atoms with van der Waals surface area (Å²) in [7, 11) is 0. The molecule has 2 heterocycles. The van der Waals surface area contributed by atoms with Gasteiger partial charge < -0.3 is 15.4 Å².